The lowest BCUT2D eigenvalue weighted by atomic mass is 10.3. The molecule has 0 saturated carbocycles. The van der Waals surface area contributed by atoms with Crippen LogP contribution in [0.2, 0.25) is 0 Å². The zero-order chi connectivity index (χ0) is 16.9. The molecule has 1 N–H and O–H groups in total. The van der Waals surface area contributed by atoms with Crippen LogP contribution in [0.5, 0.6) is 5.75 Å². The number of carbonyl (C=O) groups excluding carboxylic acids is 1. The van der Waals surface area contributed by atoms with Crippen LogP contribution in [0, 0.1) is 5.82 Å². The van der Waals surface area contributed by atoms with E-state index < -0.39 is 6.10 Å². The van der Waals surface area contributed by atoms with Crippen LogP contribution in [0.1, 0.15) is 6.92 Å². The molecule has 2 heterocycles. The molecule has 0 aliphatic rings. The van der Waals surface area contributed by atoms with Crippen molar-refractivity contribution in [3.63, 3.8) is 0 Å². The summed E-state index contributed by atoms with van der Waals surface area (Å²) in [6.45, 7) is 1.59. The highest BCUT2D eigenvalue weighted by molar-refractivity contribution is 5.93. The van der Waals surface area contributed by atoms with Gasteiger partial charge in [0, 0.05) is 18.5 Å². The van der Waals surface area contributed by atoms with Crippen molar-refractivity contribution >= 4 is 11.7 Å². The minimum Gasteiger partial charge on any atom is -0.481 e. The second-order valence-electron chi connectivity index (χ2n) is 4.93. The number of imidazole rings is 1. The fourth-order valence-electron chi connectivity index (χ4n) is 1.95. The van der Waals surface area contributed by atoms with Crippen molar-refractivity contribution in [2.24, 2.45) is 0 Å². The molecule has 1 aromatic carbocycles. The molecule has 0 fully saturated rings. The molecule has 0 radical (unpaired) electrons. The molecule has 0 saturated heterocycles. The number of hydrogen-bond acceptors (Lipinski definition) is 5. The van der Waals surface area contributed by atoms with E-state index in [1.807, 2.05) is 0 Å². The molecule has 8 heteroatoms. The topological polar surface area (TPSA) is 81.9 Å². The van der Waals surface area contributed by atoms with Crippen molar-refractivity contribution in [3.05, 3.63) is 61.2 Å². The zero-order valence-electron chi connectivity index (χ0n) is 12.8. The van der Waals surface area contributed by atoms with Crippen molar-refractivity contribution in [3.8, 4) is 11.6 Å². The Hall–Kier alpha value is -3.29. The Balaban J connectivity index is 1.66. The predicted molar refractivity (Wildman–Crippen MR) is 84.3 cm³/mol. The number of nitrogens with zero attached hydrogens (tertiary/aromatic N) is 4. The molecular formula is C16H14FN5O2. The fraction of sp³-hybridized carbons (Fsp3) is 0.125. The maximum atomic E-state index is 12.9. The van der Waals surface area contributed by atoms with E-state index in [0.29, 0.717) is 17.4 Å². The molecule has 0 aliphatic carbocycles. The van der Waals surface area contributed by atoms with Gasteiger partial charge in [-0.3, -0.25) is 9.36 Å². The molecule has 122 valence electrons. The SMILES string of the molecule is CC(Oc1ccc(F)cc1)C(=O)Nc1cc(-n2ccnc2)ncn1. The van der Waals surface area contributed by atoms with Gasteiger partial charge in [0.2, 0.25) is 0 Å². The van der Waals surface area contributed by atoms with E-state index in [1.54, 1.807) is 36.3 Å². The van der Waals surface area contributed by atoms with Gasteiger partial charge in [-0.05, 0) is 31.2 Å². The van der Waals surface area contributed by atoms with Gasteiger partial charge in [0.15, 0.2) is 6.10 Å². The molecule has 24 heavy (non-hydrogen) atoms. The largest absolute Gasteiger partial charge is 0.481 e. The first-order valence-corrected chi connectivity index (χ1v) is 7.15. The summed E-state index contributed by atoms with van der Waals surface area (Å²) in [5.74, 6) is 0.570. The highest BCUT2D eigenvalue weighted by atomic mass is 19.1. The summed E-state index contributed by atoms with van der Waals surface area (Å²) in [7, 11) is 0. The van der Waals surface area contributed by atoms with E-state index in [1.165, 1.54) is 30.6 Å². The van der Waals surface area contributed by atoms with Crippen molar-refractivity contribution < 1.29 is 13.9 Å². The number of ether oxygens (including phenoxy) is 1. The Kier molecular flexibility index (Phi) is 4.46. The van der Waals surface area contributed by atoms with Crippen molar-refractivity contribution in [1.82, 2.24) is 19.5 Å². The number of nitrogens with one attached hydrogen (secondary N) is 1. The summed E-state index contributed by atoms with van der Waals surface area (Å²) in [4.78, 5) is 24.2. The van der Waals surface area contributed by atoms with E-state index >= 15 is 0 Å². The summed E-state index contributed by atoms with van der Waals surface area (Å²) >= 11 is 0. The quantitative estimate of drug-likeness (QED) is 0.777. The van der Waals surface area contributed by atoms with Crippen LogP contribution in [0.25, 0.3) is 5.82 Å². The van der Waals surface area contributed by atoms with Gasteiger partial charge < -0.3 is 10.1 Å². The summed E-state index contributed by atoms with van der Waals surface area (Å²) in [5.41, 5.74) is 0. The Morgan fingerprint density at radius 3 is 2.79 bits per heavy atom. The lowest BCUT2D eigenvalue weighted by Crippen LogP contribution is -2.30. The Morgan fingerprint density at radius 1 is 1.29 bits per heavy atom. The van der Waals surface area contributed by atoms with Gasteiger partial charge in [-0.15, -0.1) is 0 Å². The number of carbonyl (C=O) groups is 1. The summed E-state index contributed by atoms with van der Waals surface area (Å²) in [6, 6.07) is 7.07. The average molecular weight is 327 g/mol. The van der Waals surface area contributed by atoms with Crippen LogP contribution in [-0.2, 0) is 4.79 Å². The number of anilines is 1. The van der Waals surface area contributed by atoms with Gasteiger partial charge in [0.25, 0.3) is 5.91 Å². The van der Waals surface area contributed by atoms with Gasteiger partial charge in [-0.25, -0.2) is 19.3 Å². The molecule has 2 aromatic heterocycles. The number of benzene rings is 1. The normalized spacial score (nSPS) is 11.8. The molecule has 3 rings (SSSR count). The number of aromatic nitrogens is 4. The van der Waals surface area contributed by atoms with Crippen LogP contribution in [0.15, 0.2) is 55.4 Å². The minimum atomic E-state index is -0.776. The van der Waals surface area contributed by atoms with Gasteiger partial charge >= 0.3 is 0 Å². The van der Waals surface area contributed by atoms with Gasteiger partial charge in [0.1, 0.15) is 35.9 Å². The van der Waals surface area contributed by atoms with Crippen LogP contribution in [0.4, 0.5) is 10.2 Å². The molecule has 7 nitrogen and oxygen atoms in total. The third-order valence-electron chi connectivity index (χ3n) is 3.17. The van der Waals surface area contributed by atoms with Crippen molar-refractivity contribution in [2.75, 3.05) is 5.32 Å². The van der Waals surface area contributed by atoms with E-state index in [4.69, 9.17) is 4.74 Å². The molecular weight excluding hydrogens is 313 g/mol. The highest BCUT2D eigenvalue weighted by Gasteiger charge is 2.16. The first-order chi connectivity index (χ1) is 11.6. The van der Waals surface area contributed by atoms with Gasteiger partial charge in [0.05, 0.1) is 0 Å². The predicted octanol–water partition coefficient (Wildman–Crippen LogP) is 2.21. The van der Waals surface area contributed by atoms with Crippen molar-refractivity contribution in [1.29, 1.82) is 0 Å². The average Bonchev–Trinajstić information content (AvgIpc) is 3.12. The van der Waals surface area contributed by atoms with Crippen LogP contribution in [0.3, 0.4) is 0 Å². The van der Waals surface area contributed by atoms with Crippen LogP contribution in [-0.4, -0.2) is 31.5 Å². The Morgan fingerprint density at radius 2 is 2.08 bits per heavy atom. The maximum Gasteiger partial charge on any atom is 0.266 e. The Labute approximate surface area is 137 Å². The van der Waals surface area contributed by atoms with Crippen LogP contribution < -0.4 is 10.1 Å². The standard InChI is InChI=1S/C16H14FN5O2/c1-11(24-13-4-2-12(17)3-5-13)16(23)21-14-8-15(20-9-19-14)22-7-6-18-10-22/h2-11H,1H3,(H,19,20,21,23). The van der Waals surface area contributed by atoms with E-state index in [-0.39, 0.29) is 11.7 Å². The first-order valence-electron chi connectivity index (χ1n) is 7.15. The monoisotopic (exact) mass is 327 g/mol. The van der Waals surface area contributed by atoms with E-state index in [0.717, 1.165) is 0 Å². The second-order valence-corrected chi connectivity index (χ2v) is 4.93. The molecule has 0 bridgehead atoms. The lowest BCUT2D eigenvalue weighted by molar-refractivity contribution is -0.122. The van der Waals surface area contributed by atoms with Gasteiger partial charge in [-0.1, -0.05) is 0 Å². The lowest BCUT2D eigenvalue weighted by Gasteiger charge is -2.14. The highest BCUT2D eigenvalue weighted by Crippen LogP contribution is 2.14. The maximum absolute atomic E-state index is 12.9. The zero-order valence-corrected chi connectivity index (χ0v) is 12.8. The molecule has 0 spiro atoms. The molecule has 3 aromatic rings. The Bertz CT molecular complexity index is 821. The number of rotatable bonds is 5. The minimum absolute atomic E-state index is 0.341. The van der Waals surface area contributed by atoms with E-state index in [9.17, 15) is 9.18 Å². The summed E-state index contributed by atoms with van der Waals surface area (Å²) < 4.78 is 20.0. The first kappa shape index (κ1) is 15.6. The number of hydrogen-bond donors (Lipinski definition) is 1. The summed E-state index contributed by atoms with van der Waals surface area (Å²) in [6.07, 6.45) is 5.51. The van der Waals surface area contributed by atoms with E-state index in [2.05, 4.69) is 20.3 Å². The van der Waals surface area contributed by atoms with Gasteiger partial charge in [-0.2, -0.15) is 0 Å². The molecule has 0 aliphatic heterocycles. The third-order valence-corrected chi connectivity index (χ3v) is 3.17. The van der Waals surface area contributed by atoms with Crippen molar-refractivity contribution in [2.45, 2.75) is 13.0 Å². The smallest absolute Gasteiger partial charge is 0.266 e. The second kappa shape index (κ2) is 6.86. The number of amides is 1. The van der Waals surface area contributed by atoms with Crippen LogP contribution >= 0.6 is 0 Å². The third kappa shape index (κ3) is 3.72. The number of halogens is 1. The fourth-order valence-corrected chi connectivity index (χ4v) is 1.95. The molecule has 1 amide bonds. The molecule has 1 atom stereocenters. The molecule has 1 unspecified atom stereocenters. The summed E-state index contributed by atoms with van der Waals surface area (Å²) in [5, 5.41) is 2.65.